The van der Waals surface area contributed by atoms with Gasteiger partial charge in [-0.05, 0) is 35.9 Å². The number of benzene rings is 1. The highest BCUT2D eigenvalue weighted by atomic mass is 19.2. The number of carbonyl (C=O) groups is 2. The summed E-state index contributed by atoms with van der Waals surface area (Å²) in [4.78, 5) is 27.1. The maximum atomic E-state index is 13.0. The van der Waals surface area contributed by atoms with E-state index < -0.39 is 23.4 Å². The molecule has 0 unspecified atom stereocenters. The van der Waals surface area contributed by atoms with E-state index in [4.69, 9.17) is 0 Å². The van der Waals surface area contributed by atoms with Crippen LogP contribution in [0.15, 0.2) is 42.7 Å². The summed E-state index contributed by atoms with van der Waals surface area (Å²) in [5, 5.41) is 4.94. The monoisotopic (exact) mass is 305 g/mol. The highest BCUT2D eigenvalue weighted by Gasteiger charge is 2.10. The Kier molecular flexibility index (Phi) is 5.13. The lowest BCUT2D eigenvalue weighted by Crippen LogP contribution is -2.36. The fourth-order valence-electron chi connectivity index (χ4n) is 1.66. The lowest BCUT2D eigenvalue weighted by Gasteiger charge is -2.07. The predicted molar refractivity (Wildman–Crippen MR) is 74.8 cm³/mol. The van der Waals surface area contributed by atoms with Crippen molar-refractivity contribution < 1.29 is 18.4 Å². The number of hydrogen-bond donors (Lipinski definition) is 2. The standard InChI is InChI=1S/C15H13F2N3O2/c16-12-2-1-11(7-13(12)17)15(22)20-9-14(21)19-8-10-3-5-18-6-4-10/h1-7H,8-9H2,(H,19,21)(H,20,22). The molecule has 1 heterocycles. The summed E-state index contributed by atoms with van der Waals surface area (Å²) in [7, 11) is 0. The summed E-state index contributed by atoms with van der Waals surface area (Å²) in [5.74, 6) is -3.20. The molecule has 7 heteroatoms. The first-order valence-electron chi connectivity index (χ1n) is 6.45. The lowest BCUT2D eigenvalue weighted by molar-refractivity contribution is -0.120. The number of pyridine rings is 1. The zero-order valence-electron chi connectivity index (χ0n) is 11.5. The molecule has 2 rings (SSSR count). The van der Waals surface area contributed by atoms with Gasteiger partial charge in [0.1, 0.15) is 0 Å². The third kappa shape index (κ3) is 4.34. The van der Waals surface area contributed by atoms with Crippen molar-refractivity contribution in [3.63, 3.8) is 0 Å². The quantitative estimate of drug-likeness (QED) is 0.877. The number of amides is 2. The van der Waals surface area contributed by atoms with Crippen LogP contribution in [0.25, 0.3) is 0 Å². The fourth-order valence-corrected chi connectivity index (χ4v) is 1.66. The van der Waals surface area contributed by atoms with Gasteiger partial charge >= 0.3 is 0 Å². The van der Waals surface area contributed by atoms with Crippen molar-refractivity contribution in [3.05, 3.63) is 65.5 Å². The summed E-state index contributed by atoms with van der Waals surface area (Å²) >= 11 is 0. The highest BCUT2D eigenvalue weighted by molar-refractivity contribution is 5.96. The van der Waals surface area contributed by atoms with E-state index in [-0.39, 0.29) is 12.1 Å². The van der Waals surface area contributed by atoms with E-state index in [2.05, 4.69) is 15.6 Å². The average molecular weight is 305 g/mol. The summed E-state index contributed by atoms with van der Waals surface area (Å²) < 4.78 is 25.8. The second-order valence-corrected chi connectivity index (χ2v) is 4.44. The average Bonchev–Trinajstić information content (AvgIpc) is 2.54. The first-order chi connectivity index (χ1) is 10.6. The molecular weight excluding hydrogens is 292 g/mol. The molecular formula is C15H13F2N3O2. The van der Waals surface area contributed by atoms with E-state index in [0.717, 1.165) is 23.8 Å². The molecule has 0 bridgehead atoms. The highest BCUT2D eigenvalue weighted by Crippen LogP contribution is 2.08. The summed E-state index contributed by atoms with van der Waals surface area (Å²) in [6, 6.07) is 6.27. The van der Waals surface area contributed by atoms with Gasteiger partial charge < -0.3 is 10.6 Å². The fraction of sp³-hybridized carbons (Fsp3) is 0.133. The Labute approximate surface area is 125 Å². The molecule has 2 amide bonds. The molecule has 2 N–H and O–H groups in total. The second kappa shape index (κ2) is 7.26. The van der Waals surface area contributed by atoms with E-state index in [1.54, 1.807) is 24.5 Å². The molecule has 0 saturated carbocycles. The van der Waals surface area contributed by atoms with E-state index in [9.17, 15) is 18.4 Å². The van der Waals surface area contributed by atoms with E-state index >= 15 is 0 Å². The van der Waals surface area contributed by atoms with Crippen LogP contribution in [0.1, 0.15) is 15.9 Å². The van der Waals surface area contributed by atoms with Gasteiger partial charge in [0.15, 0.2) is 11.6 Å². The van der Waals surface area contributed by atoms with Crippen molar-refractivity contribution in [2.75, 3.05) is 6.54 Å². The Morgan fingerprint density at radius 2 is 1.73 bits per heavy atom. The topological polar surface area (TPSA) is 71.1 Å². The van der Waals surface area contributed by atoms with Gasteiger partial charge in [0.05, 0.1) is 6.54 Å². The van der Waals surface area contributed by atoms with Gasteiger partial charge in [-0.2, -0.15) is 0 Å². The third-order valence-corrected chi connectivity index (χ3v) is 2.83. The van der Waals surface area contributed by atoms with Crippen LogP contribution in [-0.4, -0.2) is 23.3 Å². The van der Waals surface area contributed by atoms with Crippen LogP contribution in [0, 0.1) is 11.6 Å². The maximum absolute atomic E-state index is 13.0. The molecule has 0 aliphatic rings. The lowest BCUT2D eigenvalue weighted by atomic mass is 10.2. The Bertz CT molecular complexity index is 678. The number of aromatic nitrogens is 1. The molecule has 0 fully saturated rings. The van der Waals surface area contributed by atoms with Crippen molar-refractivity contribution in [1.82, 2.24) is 15.6 Å². The number of hydrogen-bond acceptors (Lipinski definition) is 3. The van der Waals surface area contributed by atoms with Crippen molar-refractivity contribution in [2.45, 2.75) is 6.54 Å². The van der Waals surface area contributed by atoms with Crippen LogP contribution in [0.3, 0.4) is 0 Å². The molecule has 0 spiro atoms. The molecule has 0 aliphatic carbocycles. The molecule has 0 saturated heterocycles. The van der Waals surface area contributed by atoms with Gasteiger partial charge in [-0.15, -0.1) is 0 Å². The van der Waals surface area contributed by atoms with Crippen LogP contribution in [-0.2, 0) is 11.3 Å². The molecule has 1 aromatic heterocycles. The van der Waals surface area contributed by atoms with Gasteiger partial charge in [0, 0.05) is 24.5 Å². The second-order valence-electron chi connectivity index (χ2n) is 4.44. The Balaban J connectivity index is 1.80. The van der Waals surface area contributed by atoms with Gasteiger partial charge in [-0.3, -0.25) is 14.6 Å². The van der Waals surface area contributed by atoms with Crippen molar-refractivity contribution in [2.24, 2.45) is 0 Å². The number of nitrogens with zero attached hydrogens (tertiary/aromatic N) is 1. The number of carbonyl (C=O) groups excluding carboxylic acids is 2. The van der Waals surface area contributed by atoms with Crippen LogP contribution in [0.5, 0.6) is 0 Å². The van der Waals surface area contributed by atoms with Gasteiger partial charge in [-0.25, -0.2) is 8.78 Å². The summed E-state index contributed by atoms with van der Waals surface area (Å²) in [6.07, 6.45) is 3.21. The molecule has 0 aliphatic heterocycles. The molecule has 1 aromatic carbocycles. The molecule has 5 nitrogen and oxygen atoms in total. The largest absolute Gasteiger partial charge is 0.350 e. The smallest absolute Gasteiger partial charge is 0.251 e. The third-order valence-electron chi connectivity index (χ3n) is 2.83. The van der Waals surface area contributed by atoms with Crippen molar-refractivity contribution in [1.29, 1.82) is 0 Å². The minimum Gasteiger partial charge on any atom is -0.350 e. The van der Waals surface area contributed by atoms with Crippen molar-refractivity contribution >= 4 is 11.8 Å². The number of nitrogens with one attached hydrogen (secondary N) is 2. The molecule has 114 valence electrons. The van der Waals surface area contributed by atoms with E-state index in [1.807, 2.05) is 0 Å². The van der Waals surface area contributed by atoms with Gasteiger partial charge in [0.25, 0.3) is 5.91 Å². The Morgan fingerprint density at radius 1 is 1.00 bits per heavy atom. The zero-order valence-corrected chi connectivity index (χ0v) is 11.5. The molecule has 2 aromatic rings. The number of halogens is 2. The summed E-state index contributed by atoms with van der Waals surface area (Å²) in [6.45, 7) is 0.0469. The Hall–Kier alpha value is -2.83. The van der Waals surface area contributed by atoms with Crippen LogP contribution in [0.4, 0.5) is 8.78 Å². The van der Waals surface area contributed by atoms with Gasteiger partial charge in [-0.1, -0.05) is 0 Å². The first kappa shape index (κ1) is 15.6. The van der Waals surface area contributed by atoms with Crippen LogP contribution >= 0.6 is 0 Å². The van der Waals surface area contributed by atoms with Crippen LogP contribution in [0.2, 0.25) is 0 Å². The van der Waals surface area contributed by atoms with Crippen molar-refractivity contribution in [3.8, 4) is 0 Å². The molecule has 22 heavy (non-hydrogen) atoms. The van der Waals surface area contributed by atoms with E-state index in [1.165, 1.54) is 0 Å². The maximum Gasteiger partial charge on any atom is 0.251 e. The minimum atomic E-state index is -1.12. The number of rotatable bonds is 5. The summed E-state index contributed by atoms with van der Waals surface area (Å²) in [5.41, 5.74) is 0.816. The van der Waals surface area contributed by atoms with E-state index in [0.29, 0.717) is 6.54 Å². The zero-order chi connectivity index (χ0) is 15.9. The SMILES string of the molecule is O=C(CNC(=O)c1ccc(F)c(F)c1)NCc1ccncc1. The minimum absolute atomic E-state index is 0.0548. The predicted octanol–water partition coefficient (Wildman–Crippen LogP) is 1.41. The Morgan fingerprint density at radius 3 is 2.41 bits per heavy atom. The van der Waals surface area contributed by atoms with Gasteiger partial charge in [0.2, 0.25) is 5.91 Å². The molecule has 0 atom stereocenters. The first-order valence-corrected chi connectivity index (χ1v) is 6.45. The van der Waals surface area contributed by atoms with Crippen LogP contribution < -0.4 is 10.6 Å². The molecule has 0 radical (unpaired) electrons. The normalized spacial score (nSPS) is 10.1.